The zero-order valence-corrected chi connectivity index (χ0v) is 30.1. The van der Waals surface area contributed by atoms with E-state index in [0.29, 0.717) is 17.5 Å². The summed E-state index contributed by atoms with van der Waals surface area (Å²) in [5, 5.41) is 5.92. The van der Waals surface area contributed by atoms with Crippen molar-refractivity contribution in [2.24, 2.45) is 0 Å². The summed E-state index contributed by atoms with van der Waals surface area (Å²) in [6.07, 6.45) is 9.26. The average Bonchev–Trinajstić information content (AvgIpc) is 3.84. The van der Waals surface area contributed by atoms with Crippen LogP contribution in [-0.2, 0) is 0 Å². The van der Waals surface area contributed by atoms with Crippen molar-refractivity contribution in [3.63, 3.8) is 0 Å². The first-order chi connectivity index (χ1) is 26.5. The highest BCUT2D eigenvalue weighted by atomic mass is 16.5. The molecule has 0 spiro atoms. The fourth-order valence-electron chi connectivity index (χ4n) is 7.61. The molecule has 12 nitrogen and oxygen atoms in total. The third-order valence-electron chi connectivity index (χ3n) is 10.5. The molecule has 2 fully saturated rings. The maximum absolute atomic E-state index is 12.0. The summed E-state index contributed by atoms with van der Waals surface area (Å²) in [6, 6.07) is 27.3. The van der Waals surface area contributed by atoms with E-state index in [0.717, 1.165) is 104 Å². The maximum Gasteiger partial charge on any atom is 0.332 e. The van der Waals surface area contributed by atoms with Crippen LogP contribution < -0.4 is 21.7 Å². The average molecular weight is 722 g/mol. The van der Waals surface area contributed by atoms with Gasteiger partial charge in [0.25, 0.3) is 5.56 Å². The van der Waals surface area contributed by atoms with Gasteiger partial charge in [0.1, 0.15) is 29.3 Å². The minimum Gasteiger partial charge on any atom is -0.457 e. The number of benzene rings is 3. The number of piperidine rings is 1. The Kier molecular flexibility index (Phi) is 10.3. The van der Waals surface area contributed by atoms with Crippen molar-refractivity contribution in [1.29, 1.82) is 0 Å². The van der Waals surface area contributed by atoms with Crippen LogP contribution >= 0.6 is 0 Å². The summed E-state index contributed by atoms with van der Waals surface area (Å²) in [4.78, 5) is 39.9. The van der Waals surface area contributed by atoms with Gasteiger partial charge in [-0.3, -0.25) is 19.2 Å². The van der Waals surface area contributed by atoms with Crippen LogP contribution in [0, 0.1) is 11.8 Å². The van der Waals surface area contributed by atoms with Gasteiger partial charge in [-0.05, 0) is 106 Å². The lowest BCUT2D eigenvalue weighted by molar-refractivity contribution is 0.132. The number of aromatic amines is 1. The molecule has 3 N–H and O–H groups in total. The monoisotopic (exact) mass is 721 g/mol. The summed E-state index contributed by atoms with van der Waals surface area (Å²) in [7, 11) is 0. The molecule has 3 aromatic carbocycles. The molecule has 0 bridgehead atoms. The lowest BCUT2D eigenvalue weighted by atomic mass is 10.0. The highest BCUT2D eigenvalue weighted by molar-refractivity contribution is 5.98. The zero-order chi connectivity index (χ0) is 36.9. The second kappa shape index (κ2) is 15.9. The summed E-state index contributed by atoms with van der Waals surface area (Å²) in [6.45, 7) is 5.41. The zero-order valence-electron chi connectivity index (χ0n) is 30.1. The van der Waals surface area contributed by atoms with Gasteiger partial charge in [0, 0.05) is 55.5 Å². The van der Waals surface area contributed by atoms with Crippen LogP contribution in [0.4, 0.5) is 5.82 Å². The molecule has 2 aliphatic rings. The Morgan fingerprint density at radius 3 is 2.37 bits per heavy atom. The van der Waals surface area contributed by atoms with Crippen molar-refractivity contribution in [2.75, 3.05) is 38.5 Å². The molecule has 2 saturated heterocycles. The Bertz CT molecular complexity index is 2390. The Morgan fingerprint density at radius 2 is 1.59 bits per heavy atom. The largest absolute Gasteiger partial charge is 0.457 e. The predicted molar refractivity (Wildman–Crippen MR) is 210 cm³/mol. The van der Waals surface area contributed by atoms with Crippen molar-refractivity contribution in [3.8, 4) is 40.3 Å². The number of hydrogen-bond acceptors (Lipinski definition) is 9. The fourth-order valence-corrected chi connectivity index (χ4v) is 7.61. The van der Waals surface area contributed by atoms with Crippen molar-refractivity contribution >= 4 is 16.9 Å². The normalized spacial score (nSPS) is 16.7. The third kappa shape index (κ3) is 7.83. The summed E-state index contributed by atoms with van der Waals surface area (Å²) < 4.78 is 9.49. The standard InChI is InChI=1S/C42H43N9O3/c43-40-38-39(31-13-17-36(18-14-31)54-35-9-5-3-6-10-35)47-51(41(38)45-29-44-40)33-20-25-49(26-21-33)34-19-24-48(28-34)23-7-2-1-4-8-30-11-15-32(16-12-30)50-27-22-37(52)46-42(50)53/h3,5-6,9-18,22,27,29,33-34H,1-2,7,19-21,23-26,28H2,(H2,43,44,45)(H,46,52,53). The molecular weight excluding hydrogens is 679 g/mol. The van der Waals surface area contributed by atoms with Crippen LogP contribution in [0.5, 0.6) is 11.5 Å². The van der Waals surface area contributed by atoms with Gasteiger partial charge in [-0.15, -0.1) is 0 Å². The lowest BCUT2D eigenvalue weighted by Gasteiger charge is -2.36. The van der Waals surface area contributed by atoms with Crippen molar-refractivity contribution in [2.45, 2.75) is 50.6 Å². The summed E-state index contributed by atoms with van der Waals surface area (Å²) >= 11 is 0. The number of H-pyrrole nitrogens is 1. The maximum atomic E-state index is 12.0. The van der Waals surface area contributed by atoms with Crippen LogP contribution in [0.2, 0.25) is 0 Å². The van der Waals surface area contributed by atoms with E-state index in [1.165, 1.54) is 29.6 Å². The number of nitrogens with two attached hydrogens (primary N) is 1. The Morgan fingerprint density at radius 1 is 0.833 bits per heavy atom. The molecule has 12 heteroatoms. The topological polar surface area (TPSA) is 140 Å². The summed E-state index contributed by atoms with van der Waals surface area (Å²) in [5.41, 5.74) is 9.69. The molecule has 1 unspecified atom stereocenters. The molecule has 274 valence electrons. The molecule has 0 radical (unpaired) electrons. The Hall–Kier alpha value is -6.03. The quantitative estimate of drug-likeness (QED) is 0.136. The Balaban J connectivity index is 0.810. The minimum atomic E-state index is -0.458. The number of rotatable bonds is 10. The molecule has 1 atom stereocenters. The van der Waals surface area contributed by atoms with Gasteiger partial charge in [0.2, 0.25) is 0 Å². The number of ether oxygens (including phenoxy) is 1. The van der Waals surface area contributed by atoms with E-state index in [2.05, 4.69) is 41.3 Å². The number of nitrogens with zero attached hydrogens (tertiary/aromatic N) is 7. The van der Waals surface area contributed by atoms with Gasteiger partial charge < -0.3 is 15.4 Å². The first-order valence-corrected chi connectivity index (χ1v) is 18.7. The van der Waals surface area contributed by atoms with Gasteiger partial charge in [-0.1, -0.05) is 30.0 Å². The number of nitrogens with one attached hydrogen (secondary N) is 1. The van der Waals surface area contributed by atoms with E-state index in [1.54, 1.807) is 0 Å². The van der Waals surface area contributed by atoms with E-state index >= 15 is 0 Å². The van der Waals surface area contributed by atoms with Crippen LogP contribution in [0.1, 0.15) is 50.1 Å². The SMILES string of the molecule is Nc1ncnc2c1c(-c1ccc(Oc3ccccc3)cc1)nn2C1CCN(C2CCN(CCCCC#Cc3ccc(-n4ccc(=O)[nH]c4=O)cc3)C2)CC1. The van der Waals surface area contributed by atoms with E-state index in [4.69, 9.17) is 15.6 Å². The molecule has 8 rings (SSSR count). The third-order valence-corrected chi connectivity index (χ3v) is 10.5. The summed E-state index contributed by atoms with van der Waals surface area (Å²) in [5.74, 6) is 8.52. The molecule has 54 heavy (non-hydrogen) atoms. The molecule has 0 saturated carbocycles. The second-order valence-electron chi connectivity index (χ2n) is 14.0. The van der Waals surface area contributed by atoms with Gasteiger partial charge >= 0.3 is 5.69 Å². The van der Waals surface area contributed by atoms with E-state index in [9.17, 15) is 9.59 Å². The van der Waals surface area contributed by atoms with E-state index in [1.807, 2.05) is 78.9 Å². The predicted octanol–water partition coefficient (Wildman–Crippen LogP) is 5.64. The van der Waals surface area contributed by atoms with Gasteiger partial charge in [0.15, 0.2) is 5.65 Å². The second-order valence-corrected chi connectivity index (χ2v) is 14.0. The molecule has 5 heterocycles. The number of unbranched alkanes of at least 4 members (excludes halogenated alkanes) is 2. The van der Waals surface area contributed by atoms with Crippen LogP contribution in [0.3, 0.4) is 0 Å². The van der Waals surface area contributed by atoms with Gasteiger partial charge in [-0.2, -0.15) is 5.10 Å². The number of anilines is 1. The van der Waals surface area contributed by atoms with E-state index in [-0.39, 0.29) is 6.04 Å². The number of aromatic nitrogens is 6. The Labute approximate surface area is 313 Å². The first kappa shape index (κ1) is 35.0. The molecular formula is C42H43N9O3. The van der Waals surface area contributed by atoms with Crippen molar-refractivity contribution < 1.29 is 4.74 Å². The lowest BCUT2D eigenvalue weighted by Crippen LogP contribution is -2.43. The number of fused-ring (bicyclic) bond motifs is 1. The molecule has 2 aliphatic heterocycles. The number of para-hydroxylation sites is 1. The molecule has 0 aliphatic carbocycles. The highest BCUT2D eigenvalue weighted by Crippen LogP contribution is 2.36. The molecule has 6 aromatic rings. The smallest absolute Gasteiger partial charge is 0.332 e. The highest BCUT2D eigenvalue weighted by Gasteiger charge is 2.32. The van der Waals surface area contributed by atoms with E-state index < -0.39 is 11.2 Å². The van der Waals surface area contributed by atoms with Crippen molar-refractivity contribution in [1.82, 2.24) is 39.1 Å². The fraction of sp³-hybridized carbons (Fsp3) is 0.310. The molecule has 0 amide bonds. The first-order valence-electron chi connectivity index (χ1n) is 18.7. The van der Waals surface area contributed by atoms with Crippen molar-refractivity contribution in [3.05, 3.63) is 124 Å². The van der Waals surface area contributed by atoms with Gasteiger partial charge in [-0.25, -0.2) is 19.4 Å². The van der Waals surface area contributed by atoms with Gasteiger partial charge in [0.05, 0.1) is 17.1 Å². The number of hydrogen-bond donors (Lipinski definition) is 2. The van der Waals surface area contributed by atoms with Crippen LogP contribution in [0.15, 0.2) is 107 Å². The number of likely N-dealkylation sites (tertiary alicyclic amines) is 2. The van der Waals surface area contributed by atoms with Crippen LogP contribution in [0.25, 0.3) is 28.0 Å². The minimum absolute atomic E-state index is 0.240. The number of nitrogen functional groups attached to an aromatic ring is 1. The van der Waals surface area contributed by atoms with Crippen LogP contribution in [-0.4, -0.2) is 77.9 Å². The molecule has 3 aromatic heterocycles.